The van der Waals surface area contributed by atoms with E-state index in [2.05, 4.69) is 6.92 Å². The highest BCUT2D eigenvalue weighted by Crippen LogP contribution is 2.42. The number of rotatable bonds is 15. The monoisotopic (exact) mass is 386 g/mol. The standard InChI is InChI=1S/C22H42O5/c1-6-18-26-20(2)15-12-10-8-7-9-11-13-16-21(23-3)17-14-19-27-22(21,24-4)25-5/h6,18,20H,7-17,19H2,1-5H3. The van der Waals surface area contributed by atoms with Gasteiger partial charge in [0.1, 0.15) is 5.60 Å². The molecule has 0 bridgehead atoms. The Kier molecular flexibility index (Phi) is 12.2. The van der Waals surface area contributed by atoms with Crippen LogP contribution in [-0.4, -0.2) is 45.6 Å². The molecule has 0 aromatic rings. The molecule has 2 atom stereocenters. The fraction of sp³-hybridized carbons (Fsp3) is 0.909. The number of hydrogen-bond acceptors (Lipinski definition) is 5. The van der Waals surface area contributed by atoms with Crippen LogP contribution in [0.2, 0.25) is 0 Å². The molecule has 1 heterocycles. The largest absolute Gasteiger partial charge is 0.499 e. The second-order valence-electron chi connectivity index (χ2n) is 7.54. The minimum absolute atomic E-state index is 0.325. The summed E-state index contributed by atoms with van der Waals surface area (Å²) in [4.78, 5) is 0. The van der Waals surface area contributed by atoms with E-state index < -0.39 is 11.6 Å². The molecule has 160 valence electrons. The van der Waals surface area contributed by atoms with Crippen LogP contribution < -0.4 is 0 Å². The molecule has 0 saturated carbocycles. The van der Waals surface area contributed by atoms with E-state index in [1.807, 2.05) is 13.0 Å². The van der Waals surface area contributed by atoms with Gasteiger partial charge in [0.2, 0.25) is 0 Å². The summed E-state index contributed by atoms with van der Waals surface area (Å²) in [5, 5.41) is 0. The Morgan fingerprint density at radius 3 is 2.15 bits per heavy atom. The van der Waals surface area contributed by atoms with E-state index in [0.717, 1.165) is 32.1 Å². The summed E-state index contributed by atoms with van der Waals surface area (Å²) in [7, 11) is 5.00. The smallest absolute Gasteiger partial charge is 0.313 e. The lowest BCUT2D eigenvalue weighted by molar-refractivity contribution is -0.445. The van der Waals surface area contributed by atoms with E-state index >= 15 is 0 Å². The van der Waals surface area contributed by atoms with Gasteiger partial charge in [0.05, 0.1) is 19.0 Å². The van der Waals surface area contributed by atoms with Crippen molar-refractivity contribution in [1.29, 1.82) is 0 Å². The minimum Gasteiger partial charge on any atom is -0.499 e. The molecule has 5 heteroatoms. The van der Waals surface area contributed by atoms with E-state index in [0.29, 0.717) is 12.7 Å². The minimum atomic E-state index is -1.08. The van der Waals surface area contributed by atoms with Crippen molar-refractivity contribution >= 4 is 0 Å². The topological polar surface area (TPSA) is 46.2 Å². The van der Waals surface area contributed by atoms with E-state index in [4.69, 9.17) is 23.7 Å². The van der Waals surface area contributed by atoms with Crippen molar-refractivity contribution in [3.63, 3.8) is 0 Å². The van der Waals surface area contributed by atoms with E-state index in [1.54, 1.807) is 27.6 Å². The summed E-state index contributed by atoms with van der Waals surface area (Å²) >= 11 is 0. The van der Waals surface area contributed by atoms with Gasteiger partial charge in [-0.1, -0.05) is 44.6 Å². The summed E-state index contributed by atoms with van der Waals surface area (Å²) in [6.07, 6.45) is 16.6. The highest BCUT2D eigenvalue weighted by molar-refractivity contribution is 4.93. The van der Waals surface area contributed by atoms with Gasteiger partial charge >= 0.3 is 5.97 Å². The highest BCUT2D eigenvalue weighted by Gasteiger charge is 2.56. The van der Waals surface area contributed by atoms with Gasteiger partial charge in [0, 0.05) is 21.3 Å². The normalized spacial score (nSPS) is 23.6. The summed E-state index contributed by atoms with van der Waals surface area (Å²) in [5.41, 5.74) is -0.516. The SMILES string of the molecule is CC=COC(C)CCCCCCCCCC1(OC)CCCOC1(OC)OC. The van der Waals surface area contributed by atoms with Crippen LogP contribution in [0.15, 0.2) is 12.3 Å². The fourth-order valence-electron chi connectivity index (χ4n) is 4.04. The highest BCUT2D eigenvalue weighted by atomic mass is 16.9. The second kappa shape index (κ2) is 13.5. The maximum absolute atomic E-state index is 5.89. The van der Waals surface area contributed by atoms with E-state index in [-0.39, 0.29) is 0 Å². The van der Waals surface area contributed by atoms with Crippen LogP contribution in [-0.2, 0) is 23.7 Å². The van der Waals surface area contributed by atoms with Crippen LogP contribution in [0.1, 0.15) is 84.5 Å². The van der Waals surface area contributed by atoms with Crippen LogP contribution in [0.5, 0.6) is 0 Å². The molecule has 0 spiro atoms. The van der Waals surface area contributed by atoms with Crippen LogP contribution >= 0.6 is 0 Å². The first-order valence-electron chi connectivity index (χ1n) is 10.7. The van der Waals surface area contributed by atoms with Crippen molar-refractivity contribution in [3.05, 3.63) is 12.3 Å². The maximum atomic E-state index is 5.89. The molecule has 0 aromatic heterocycles. The molecule has 2 unspecified atom stereocenters. The zero-order valence-corrected chi connectivity index (χ0v) is 18.3. The summed E-state index contributed by atoms with van der Waals surface area (Å²) < 4.78 is 28.5. The Hall–Kier alpha value is -0.620. The Balaban J connectivity index is 2.19. The third-order valence-electron chi connectivity index (χ3n) is 5.64. The molecule has 0 N–H and O–H groups in total. The van der Waals surface area contributed by atoms with Crippen molar-refractivity contribution < 1.29 is 23.7 Å². The quantitative estimate of drug-likeness (QED) is 0.209. The van der Waals surface area contributed by atoms with Gasteiger partial charge in [-0.3, -0.25) is 0 Å². The summed E-state index contributed by atoms with van der Waals surface area (Å²) in [5.74, 6) is -1.08. The van der Waals surface area contributed by atoms with Crippen molar-refractivity contribution in [1.82, 2.24) is 0 Å². The van der Waals surface area contributed by atoms with E-state index in [9.17, 15) is 0 Å². The molecule has 0 amide bonds. The lowest BCUT2D eigenvalue weighted by Gasteiger charge is -2.49. The van der Waals surface area contributed by atoms with Gasteiger partial charge < -0.3 is 23.7 Å². The van der Waals surface area contributed by atoms with Gasteiger partial charge in [-0.15, -0.1) is 0 Å². The van der Waals surface area contributed by atoms with Gasteiger partial charge in [-0.05, 0) is 46.0 Å². The number of hydrogen-bond donors (Lipinski definition) is 0. The number of allylic oxidation sites excluding steroid dienone is 1. The zero-order chi connectivity index (χ0) is 20.0. The molecular weight excluding hydrogens is 344 g/mol. The first-order valence-corrected chi connectivity index (χ1v) is 10.7. The molecule has 0 aromatic carbocycles. The molecule has 27 heavy (non-hydrogen) atoms. The maximum Gasteiger partial charge on any atom is 0.313 e. The average molecular weight is 387 g/mol. The molecule has 1 aliphatic rings. The fourth-order valence-corrected chi connectivity index (χ4v) is 4.04. The average Bonchev–Trinajstić information content (AvgIpc) is 2.71. The van der Waals surface area contributed by atoms with Crippen LogP contribution in [0, 0.1) is 0 Å². The van der Waals surface area contributed by atoms with Crippen LogP contribution in [0.4, 0.5) is 0 Å². The van der Waals surface area contributed by atoms with Gasteiger partial charge in [0.15, 0.2) is 0 Å². The predicted octanol–water partition coefficient (Wildman–Crippen LogP) is 5.58. The van der Waals surface area contributed by atoms with Gasteiger partial charge in [-0.25, -0.2) is 0 Å². The Morgan fingerprint density at radius 2 is 1.56 bits per heavy atom. The Bertz CT molecular complexity index is 394. The predicted molar refractivity (Wildman–Crippen MR) is 109 cm³/mol. The molecular formula is C22H42O5. The third-order valence-corrected chi connectivity index (χ3v) is 5.64. The number of ether oxygens (including phenoxy) is 5. The van der Waals surface area contributed by atoms with Crippen molar-refractivity contribution in [3.8, 4) is 0 Å². The lowest BCUT2D eigenvalue weighted by atomic mass is 9.86. The third kappa shape index (κ3) is 7.37. The number of unbranched alkanes of at least 4 members (excludes halogenated alkanes) is 6. The molecule has 5 nitrogen and oxygen atoms in total. The van der Waals surface area contributed by atoms with Crippen molar-refractivity contribution in [2.24, 2.45) is 0 Å². The van der Waals surface area contributed by atoms with Gasteiger partial charge in [-0.2, -0.15) is 0 Å². The lowest BCUT2D eigenvalue weighted by Crippen LogP contribution is -2.62. The molecule has 1 rings (SSSR count). The molecule has 1 saturated heterocycles. The van der Waals surface area contributed by atoms with Crippen molar-refractivity contribution in [2.75, 3.05) is 27.9 Å². The van der Waals surface area contributed by atoms with E-state index in [1.165, 1.54) is 38.5 Å². The Labute approximate surface area is 166 Å². The van der Waals surface area contributed by atoms with Gasteiger partial charge in [0.25, 0.3) is 0 Å². The van der Waals surface area contributed by atoms with Crippen LogP contribution in [0.25, 0.3) is 0 Å². The summed E-state index contributed by atoms with van der Waals surface area (Å²) in [6, 6.07) is 0. The molecule has 1 aliphatic heterocycles. The molecule has 1 fully saturated rings. The molecule has 0 aliphatic carbocycles. The first-order chi connectivity index (χ1) is 13.1. The van der Waals surface area contributed by atoms with Crippen molar-refractivity contribution in [2.45, 2.75) is 102 Å². The Morgan fingerprint density at radius 1 is 0.926 bits per heavy atom. The molecule has 0 radical (unpaired) electrons. The summed E-state index contributed by atoms with van der Waals surface area (Å²) in [6.45, 7) is 4.76. The number of methoxy groups -OCH3 is 3. The zero-order valence-electron chi connectivity index (χ0n) is 18.3. The first kappa shape index (κ1) is 24.4. The second-order valence-corrected chi connectivity index (χ2v) is 7.54. The van der Waals surface area contributed by atoms with Crippen LogP contribution in [0.3, 0.4) is 0 Å².